The van der Waals surface area contributed by atoms with Gasteiger partial charge in [0, 0.05) is 0 Å². The Kier molecular flexibility index (Phi) is 9.90. The first-order valence-electron chi connectivity index (χ1n) is 10.9. The number of hydrogen-bond donors (Lipinski definition) is 1. The summed E-state index contributed by atoms with van der Waals surface area (Å²) >= 11 is 0. The summed E-state index contributed by atoms with van der Waals surface area (Å²) in [6.07, 6.45) is -7.22. The van der Waals surface area contributed by atoms with Gasteiger partial charge < -0.3 is 4.90 Å². The maximum atomic E-state index is 14.9. The van der Waals surface area contributed by atoms with Gasteiger partial charge in [-0.15, -0.1) is 35.4 Å². The first-order chi connectivity index (χ1) is 18.8. The molecule has 0 radical (unpaired) electrons. The van der Waals surface area contributed by atoms with Gasteiger partial charge in [0.25, 0.3) is 0 Å². The van der Waals surface area contributed by atoms with Crippen LogP contribution < -0.4 is 21.3 Å². The molecule has 0 saturated carbocycles. The Balaban J connectivity index is 0.00000138. The van der Waals surface area contributed by atoms with E-state index in [4.69, 9.17) is 0 Å². The number of halogens is 15. The number of nitrogens with one attached hydrogen (secondary N) is 1. The lowest BCUT2D eigenvalue weighted by atomic mass is 9.13. The summed E-state index contributed by atoms with van der Waals surface area (Å²) in [4.78, 5) is 1.42. The van der Waals surface area contributed by atoms with Gasteiger partial charge in [0.1, 0.15) is 41.0 Å². The fourth-order valence-electron chi connectivity index (χ4n) is 4.20. The van der Waals surface area contributed by atoms with Gasteiger partial charge >= 0.3 is 0 Å². The quantitative estimate of drug-likeness (QED) is 0.145. The van der Waals surface area contributed by atoms with Crippen LogP contribution >= 0.6 is 0 Å². The lowest BCUT2D eigenvalue weighted by Gasteiger charge is -2.43. The SMILES string of the molecule is C=CC[B-](c1c(F)c(F)c(F)c(F)c1F)(c1c(F)c(F)c(F)c(F)c1F)c1c(F)c(F)c(F)c(F)c1F.C[NH+](C)C. The Morgan fingerprint density at radius 2 is 0.561 bits per heavy atom. The van der Waals surface area contributed by atoms with E-state index in [2.05, 4.69) is 27.7 Å². The van der Waals surface area contributed by atoms with Crippen LogP contribution in [0.15, 0.2) is 12.7 Å². The molecule has 0 aliphatic rings. The number of allylic oxidation sites excluding steroid dienone is 1. The Morgan fingerprint density at radius 1 is 0.415 bits per heavy atom. The second-order valence-electron chi connectivity index (χ2n) is 9.02. The van der Waals surface area contributed by atoms with Crippen molar-refractivity contribution < 1.29 is 70.8 Å². The predicted molar refractivity (Wildman–Crippen MR) is 117 cm³/mol. The van der Waals surface area contributed by atoms with Gasteiger partial charge in [-0.25, -0.2) is 65.9 Å². The molecule has 0 atom stereocenters. The molecule has 1 N–H and O–H groups in total. The summed E-state index contributed by atoms with van der Waals surface area (Å²) in [5.74, 6) is -45.3. The van der Waals surface area contributed by atoms with Crippen molar-refractivity contribution in [3.63, 3.8) is 0 Å². The molecule has 0 aliphatic carbocycles. The van der Waals surface area contributed by atoms with E-state index in [1.165, 1.54) is 4.90 Å². The summed E-state index contributed by atoms with van der Waals surface area (Å²) in [6, 6.07) is 0. The van der Waals surface area contributed by atoms with Gasteiger partial charge in [0.15, 0.2) is 52.4 Å². The van der Waals surface area contributed by atoms with Crippen LogP contribution in [0.1, 0.15) is 0 Å². The number of benzene rings is 3. The van der Waals surface area contributed by atoms with Crippen LogP contribution in [-0.2, 0) is 0 Å². The van der Waals surface area contributed by atoms with Gasteiger partial charge in [0.05, 0.1) is 21.1 Å². The molecule has 3 aromatic rings. The van der Waals surface area contributed by atoms with Crippen LogP contribution in [0.2, 0.25) is 6.32 Å². The molecule has 0 aromatic heterocycles. The zero-order valence-corrected chi connectivity index (χ0v) is 20.7. The normalized spacial score (nSPS) is 11.6. The third kappa shape index (κ3) is 5.26. The van der Waals surface area contributed by atoms with E-state index in [0.717, 1.165) is 0 Å². The summed E-state index contributed by atoms with van der Waals surface area (Å²) < 4.78 is 215. The highest BCUT2D eigenvalue weighted by atomic mass is 19.2. The topological polar surface area (TPSA) is 4.44 Å². The van der Waals surface area contributed by atoms with Crippen molar-refractivity contribution in [3.05, 3.63) is 99.9 Å². The zero-order chi connectivity index (χ0) is 31.9. The molecule has 0 fully saturated rings. The molecule has 41 heavy (non-hydrogen) atoms. The molecule has 0 spiro atoms. The van der Waals surface area contributed by atoms with E-state index in [0.29, 0.717) is 0 Å². The van der Waals surface area contributed by atoms with E-state index >= 15 is 0 Å². The number of hydrogen-bond acceptors (Lipinski definition) is 0. The molecule has 1 nitrogen and oxygen atoms in total. The van der Waals surface area contributed by atoms with Gasteiger partial charge in [-0.05, 0) is 0 Å². The van der Waals surface area contributed by atoms with Crippen molar-refractivity contribution in [2.75, 3.05) is 21.1 Å². The van der Waals surface area contributed by atoms with Crippen LogP contribution in [-0.4, -0.2) is 27.3 Å². The molecule has 17 heteroatoms. The molecule has 224 valence electrons. The average Bonchev–Trinajstić information content (AvgIpc) is 2.90. The molecular formula is C24H15BF15N. The fourth-order valence-corrected chi connectivity index (χ4v) is 4.20. The van der Waals surface area contributed by atoms with Crippen molar-refractivity contribution in [1.82, 2.24) is 0 Å². The first kappa shape index (κ1) is 33.6. The Hall–Kier alpha value is -3.63. The van der Waals surface area contributed by atoms with Crippen LogP contribution in [0, 0.1) is 87.3 Å². The highest BCUT2D eigenvalue weighted by Gasteiger charge is 2.47. The van der Waals surface area contributed by atoms with Crippen molar-refractivity contribution in [3.8, 4) is 0 Å². The van der Waals surface area contributed by atoms with Crippen molar-refractivity contribution in [2.45, 2.75) is 6.32 Å². The van der Waals surface area contributed by atoms with Gasteiger partial charge in [-0.1, -0.05) is 0 Å². The molecule has 0 bridgehead atoms. The average molecular weight is 613 g/mol. The molecular weight excluding hydrogens is 598 g/mol. The maximum absolute atomic E-state index is 14.9. The largest absolute Gasteiger partial charge is 0.342 e. The van der Waals surface area contributed by atoms with Gasteiger partial charge in [-0.3, -0.25) is 0 Å². The monoisotopic (exact) mass is 613 g/mol. The lowest BCUT2D eigenvalue weighted by Crippen LogP contribution is -3.02. The molecule has 3 aromatic carbocycles. The Morgan fingerprint density at radius 3 is 0.707 bits per heavy atom. The lowest BCUT2D eigenvalue weighted by molar-refractivity contribution is -0.836. The van der Waals surface area contributed by atoms with E-state index in [1.807, 2.05) is 0 Å². The van der Waals surface area contributed by atoms with Crippen molar-refractivity contribution >= 4 is 22.5 Å². The summed E-state index contributed by atoms with van der Waals surface area (Å²) in [7, 11) is 6.25. The summed E-state index contributed by atoms with van der Waals surface area (Å²) in [5, 5.41) is 0. The van der Waals surface area contributed by atoms with E-state index in [-0.39, 0.29) is 6.08 Å². The van der Waals surface area contributed by atoms with Crippen LogP contribution in [0.25, 0.3) is 0 Å². The summed E-state index contributed by atoms with van der Waals surface area (Å²) in [5.41, 5.74) is -7.95. The minimum Gasteiger partial charge on any atom is -0.342 e. The minimum absolute atomic E-state index is 0.189. The molecule has 0 unspecified atom stereocenters. The third-order valence-electron chi connectivity index (χ3n) is 5.73. The molecule has 0 amide bonds. The van der Waals surface area contributed by atoms with Crippen LogP contribution in [0.3, 0.4) is 0 Å². The fraction of sp³-hybridized carbons (Fsp3) is 0.167. The Labute approximate surface area is 221 Å². The second-order valence-corrected chi connectivity index (χ2v) is 9.02. The third-order valence-corrected chi connectivity index (χ3v) is 5.73. The highest BCUT2D eigenvalue weighted by molar-refractivity contribution is 7.12. The van der Waals surface area contributed by atoms with Crippen molar-refractivity contribution in [1.29, 1.82) is 0 Å². The first-order valence-corrected chi connectivity index (χ1v) is 10.9. The smallest absolute Gasteiger partial charge is 0.200 e. The number of rotatable bonds is 5. The molecule has 0 aliphatic heterocycles. The Bertz CT molecular complexity index is 1280. The van der Waals surface area contributed by atoms with Crippen LogP contribution in [0.4, 0.5) is 65.9 Å². The highest BCUT2D eigenvalue weighted by Crippen LogP contribution is 2.29. The summed E-state index contributed by atoms with van der Waals surface area (Å²) in [6.45, 7) is 2.88. The number of quaternary nitrogens is 1. The minimum atomic E-state index is -5.52. The molecule has 0 heterocycles. The standard InChI is InChI=1S/C21H5BF15.C3H9N/c1-2-3-22(4-7(23)13(29)19(35)14(30)8(4)24,5-9(25)15(31)20(36)16(32)10(5)26)6-11(27)17(33)21(37)18(34)12(6)28;1-4(2)3/h2H,1,3H2;1-3H3/q-1;/p+1. The second kappa shape index (κ2) is 12.1. The molecule has 3 rings (SSSR count). The van der Waals surface area contributed by atoms with E-state index in [1.54, 1.807) is 0 Å². The predicted octanol–water partition coefficient (Wildman–Crippen LogP) is 4.19. The molecule has 0 saturated heterocycles. The van der Waals surface area contributed by atoms with E-state index in [9.17, 15) is 65.9 Å². The van der Waals surface area contributed by atoms with Gasteiger partial charge in [-0.2, -0.15) is 0 Å². The zero-order valence-electron chi connectivity index (χ0n) is 20.7. The van der Waals surface area contributed by atoms with Crippen molar-refractivity contribution in [2.24, 2.45) is 0 Å². The van der Waals surface area contributed by atoms with Crippen LogP contribution in [0.5, 0.6) is 0 Å². The van der Waals surface area contributed by atoms with Gasteiger partial charge in [0.2, 0.25) is 0 Å². The maximum Gasteiger partial charge on any atom is 0.200 e. The van der Waals surface area contributed by atoms with E-state index < -0.39 is 116 Å².